The maximum Gasteiger partial charge on any atom is 0.320 e. The second-order valence-corrected chi connectivity index (χ2v) is 2.30. The number of hydrogen-bond donors (Lipinski definition) is 0. The average molecular weight is 198 g/mol. The standard InChI is InChI=1S/C6H2N2O6/c9-5-1-3(7(11)12)6(10)2-4(5)8(13)14/h1-2H. The molecule has 0 radical (unpaired) electrons. The lowest BCUT2D eigenvalue weighted by molar-refractivity contribution is -0.424. The van der Waals surface area contributed by atoms with Crippen LogP contribution in [0.2, 0.25) is 0 Å². The highest BCUT2D eigenvalue weighted by Crippen LogP contribution is 2.12. The molecule has 0 aromatic carbocycles. The van der Waals surface area contributed by atoms with E-state index in [1.165, 1.54) is 0 Å². The van der Waals surface area contributed by atoms with Crippen LogP contribution in [0.15, 0.2) is 23.5 Å². The zero-order chi connectivity index (χ0) is 10.9. The third-order valence-corrected chi connectivity index (χ3v) is 1.43. The number of carbonyl (C=O) groups is 2. The molecule has 0 atom stereocenters. The van der Waals surface area contributed by atoms with Gasteiger partial charge in [-0.1, -0.05) is 0 Å². The number of hydrogen-bond acceptors (Lipinski definition) is 6. The van der Waals surface area contributed by atoms with Gasteiger partial charge in [0, 0.05) is 0 Å². The summed E-state index contributed by atoms with van der Waals surface area (Å²) in [4.78, 5) is 39.9. The van der Waals surface area contributed by atoms with Crippen molar-refractivity contribution < 1.29 is 19.4 Å². The fourth-order valence-corrected chi connectivity index (χ4v) is 0.824. The lowest BCUT2D eigenvalue weighted by atomic mass is 10.1. The maximum absolute atomic E-state index is 10.9. The lowest BCUT2D eigenvalue weighted by Gasteiger charge is -1.99. The summed E-state index contributed by atoms with van der Waals surface area (Å²) in [7, 11) is 0. The monoisotopic (exact) mass is 198 g/mol. The van der Waals surface area contributed by atoms with Gasteiger partial charge in [0.1, 0.15) is 0 Å². The SMILES string of the molecule is O=C1C=C([N+](=O)[O-])C(=O)C=C1[N+](=O)[O-]. The number of allylic oxidation sites excluding steroid dienone is 2. The van der Waals surface area contributed by atoms with Gasteiger partial charge >= 0.3 is 11.4 Å². The maximum atomic E-state index is 10.9. The Hall–Kier alpha value is -2.38. The molecule has 0 bridgehead atoms. The molecule has 0 aromatic heterocycles. The minimum Gasteiger partial charge on any atom is -0.282 e. The van der Waals surface area contributed by atoms with Crippen LogP contribution in [-0.2, 0) is 9.59 Å². The number of carbonyl (C=O) groups excluding carboxylic acids is 2. The van der Waals surface area contributed by atoms with Crippen molar-refractivity contribution in [2.45, 2.75) is 0 Å². The first kappa shape index (κ1) is 9.71. The van der Waals surface area contributed by atoms with Crippen LogP contribution in [0.4, 0.5) is 0 Å². The Balaban J connectivity index is 3.14. The van der Waals surface area contributed by atoms with Crippen molar-refractivity contribution >= 4 is 11.6 Å². The Morgan fingerprint density at radius 1 is 0.857 bits per heavy atom. The van der Waals surface area contributed by atoms with Crippen molar-refractivity contribution in [3.8, 4) is 0 Å². The molecule has 1 aliphatic rings. The van der Waals surface area contributed by atoms with Gasteiger partial charge in [0.05, 0.1) is 22.0 Å². The van der Waals surface area contributed by atoms with Crippen LogP contribution in [0, 0.1) is 20.2 Å². The van der Waals surface area contributed by atoms with E-state index in [2.05, 4.69) is 0 Å². The second-order valence-electron chi connectivity index (χ2n) is 2.30. The molecule has 0 aromatic rings. The van der Waals surface area contributed by atoms with Crippen LogP contribution in [0.3, 0.4) is 0 Å². The molecule has 8 nitrogen and oxygen atoms in total. The molecule has 0 aliphatic heterocycles. The Morgan fingerprint density at radius 3 is 1.36 bits per heavy atom. The predicted octanol–water partition coefficient (Wildman–Crippen LogP) is -0.541. The molecule has 0 unspecified atom stereocenters. The summed E-state index contributed by atoms with van der Waals surface area (Å²) in [6.45, 7) is 0. The molecule has 72 valence electrons. The third kappa shape index (κ3) is 1.53. The molecule has 0 saturated heterocycles. The van der Waals surface area contributed by atoms with E-state index in [4.69, 9.17) is 0 Å². The van der Waals surface area contributed by atoms with Crippen molar-refractivity contribution in [1.29, 1.82) is 0 Å². The molecule has 1 rings (SSSR count). The van der Waals surface area contributed by atoms with Crippen LogP contribution < -0.4 is 0 Å². The van der Waals surface area contributed by atoms with Crippen LogP contribution in [0.1, 0.15) is 0 Å². The molecule has 0 fully saturated rings. The van der Waals surface area contributed by atoms with Gasteiger partial charge in [-0.15, -0.1) is 0 Å². The lowest BCUT2D eigenvalue weighted by Crippen LogP contribution is -2.21. The molecule has 0 spiro atoms. The molecular weight excluding hydrogens is 196 g/mol. The van der Waals surface area contributed by atoms with E-state index in [1.54, 1.807) is 0 Å². The first-order chi connectivity index (χ1) is 6.43. The summed E-state index contributed by atoms with van der Waals surface area (Å²) >= 11 is 0. The second kappa shape index (κ2) is 3.17. The topological polar surface area (TPSA) is 120 Å². The van der Waals surface area contributed by atoms with Gasteiger partial charge in [0.25, 0.3) is 11.6 Å². The summed E-state index contributed by atoms with van der Waals surface area (Å²) in [6.07, 6.45) is 0.695. The van der Waals surface area contributed by atoms with Gasteiger partial charge in [0.15, 0.2) is 0 Å². The summed E-state index contributed by atoms with van der Waals surface area (Å²) in [5, 5.41) is 20.3. The summed E-state index contributed by atoms with van der Waals surface area (Å²) in [5.41, 5.74) is -1.92. The van der Waals surface area contributed by atoms with Crippen molar-refractivity contribution in [2.75, 3.05) is 0 Å². The third-order valence-electron chi connectivity index (χ3n) is 1.43. The van der Waals surface area contributed by atoms with Crippen LogP contribution in [0.25, 0.3) is 0 Å². The van der Waals surface area contributed by atoms with Gasteiger partial charge in [-0.3, -0.25) is 29.8 Å². The largest absolute Gasteiger partial charge is 0.320 e. The Morgan fingerprint density at radius 2 is 1.14 bits per heavy atom. The highest BCUT2D eigenvalue weighted by molar-refractivity contribution is 6.17. The van der Waals surface area contributed by atoms with Gasteiger partial charge in [0.2, 0.25) is 0 Å². The minimum absolute atomic E-state index is 0.348. The first-order valence-corrected chi connectivity index (χ1v) is 3.24. The fraction of sp³-hybridized carbons (Fsp3) is 0. The van der Waals surface area contributed by atoms with Crippen molar-refractivity contribution in [3.05, 3.63) is 43.8 Å². The molecule has 14 heavy (non-hydrogen) atoms. The smallest absolute Gasteiger partial charge is 0.282 e. The van der Waals surface area contributed by atoms with E-state index in [0.29, 0.717) is 12.2 Å². The van der Waals surface area contributed by atoms with Crippen molar-refractivity contribution in [1.82, 2.24) is 0 Å². The summed E-state index contributed by atoms with van der Waals surface area (Å²) in [6, 6.07) is 0. The quantitative estimate of drug-likeness (QED) is 0.333. The summed E-state index contributed by atoms with van der Waals surface area (Å²) < 4.78 is 0. The number of nitro groups is 2. The van der Waals surface area contributed by atoms with Gasteiger partial charge in [-0.2, -0.15) is 0 Å². The van der Waals surface area contributed by atoms with E-state index in [9.17, 15) is 29.8 Å². The Labute approximate surface area is 75.8 Å². The number of rotatable bonds is 2. The Kier molecular flexibility index (Phi) is 2.19. The van der Waals surface area contributed by atoms with Crippen molar-refractivity contribution in [3.63, 3.8) is 0 Å². The van der Waals surface area contributed by atoms with E-state index in [1.807, 2.05) is 0 Å². The molecule has 0 heterocycles. The zero-order valence-electron chi connectivity index (χ0n) is 6.50. The van der Waals surface area contributed by atoms with Gasteiger partial charge in [-0.25, -0.2) is 0 Å². The molecule has 0 N–H and O–H groups in total. The highest BCUT2D eigenvalue weighted by atomic mass is 16.6. The molecular formula is C6H2N2O6. The van der Waals surface area contributed by atoms with Crippen LogP contribution in [0.5, 0.6) is 0 Å². The van der Waals surface area contributed by atoms with E-state index in [-0.39, 0.29) is 0 Å². The molecule has 1 aliphatic carbocycles. The molecule has 0 saturated carbocycles. The van der Waals surface area contributed by atoms with Gasteiger partial charge < -0.3 is 0 Å². The van der Waals surface area contributed by atoms with E-state index in [0.717, 1.165) is 0 Å². The Bertz CT molecular complexity index is 378. The minimum atomic E-state index is -1.15. The molecule has 8 heteroatoms. The van der Waals surface area contributed by atoms with Gasteiger partial charge in [-0.05, 0) is 0 Å². The number of nitrogens with zero attached hydrogens (tertiary/aromatic N) is 2. The predicted molar refractivity (Wildman–Crippen MR) is 40.2 cm³/mol. The normalized spacial score (nSPS) is 16.0. The van der Waals surface area contributed by atoms with Crippen LogP contribution >= 0.6 is 0 Å². The average Bonchev–Trinajstić information content (AvgIpc) is 2.07. The van der Waals surface area contributed by atoms with E-state index < -0.39 is 32.8 Å². The van der Waals surface area contributed by atoms with Crippen LogP contribution in [-0.4, -0.2) is 21.4 Å². The molecule has 0 amide bonds. The zero-order valence-corrected chi connectivity index (χ0v) is 6.50. The van der Waals surface area contributed by atoms with Crippen molar-refractivity contribution in [2.24, 2.45) is 0 Å². The summed E-state index contributed by atoms with van der Waals surface area (Å²) in [5.74, 6) is -2.30. The van der Waals surface area contributed by atoms with E-state index >= 15 is 0 Å². The highest BCUT2D eigenvalue weighted by Gasteiger charge is 2.34. The fourth-order valence-electron chi connectivity index (χ4n) is 0.824. The number of ketones is 2. The first-order valence-electron chi connectivity index (χ1n) is 3.24.